The molecule has 0 radical (unpaired) electrons. The molecule has 112 valence electrons. The van der Waals surface area contributed by atoms with E-state index in [0.717, 1.165) is 55.4 Å². The van der Waals surface area contributed by atoms with E-state index >= 15 is 0 Å². The molecule has 2 aromatic rings. The number of benzene rings is 1. The topological polar surface area (TPSA) is 23.6 Å². The molecule has 0 bridgehead atoms. The molecule has 3 nitrogen and oxygen atoms in total. The van der Waals surface area contributed by atoms with Gasteiger partial charge in [0.25, 0.3) is 5.91 Å². The summed E-state index contributed by atoms with van der Waals surface area (Å²) in [6.45, 7) is 4.81. The Balaban J connectivity index is 1.76. The fourth-order valence-corrected chi connectivity index (χ4v) is 4.27. The molecule has 3 rings (SSSR count). The number of carbonyl (C=O) groups is 1. The van der Waals surface area contributed by atoms with Gasteiger partial charge in [0.05, 0.1) is 5.56 Å². The molecular weight excluding hydrogens is 348 g/mol. The van der Waals surface area contributed by atoms with Crippen LogP contribution in [-0.2, 0) is 0 Å². The van der Waals surface area contributed by atoms with Gasteiger partial charge >= 0.3 is 0 Å². The first-order valence-electron chi connectivity index (χ1n) is 7.33. The average Bonchev–Trinajstić information content (AvgIpc) is 2.80. The lowest BCUT2D eigenvalue weighted by Crippen LogP contribution is -2.35. The number of amides is 1. The molecule has 1 saturated heterocycles. The highest BCUT2D eigenvalue weighted by molar-refractivity contribution is 9.09. The molecule has 1 aromatic carbocycles. The van der Waals surface area contributed by atoms with E-state index < -0.39 is 0 Å². The number of rotatable bonds is 3. The van der Waals surface area contributed by atoms with Crippen molar-refractivity contribution in [1.29, 1.82) is 0 Å². The summed E-state index contributed by atoms with van der Waals surface area (Å²) in [6, 6.07) is 8.16. The minimum Gasteiger partial charge on any atom is -0.337 e. The Labute approximate surface area is 137 Å². The van der Waals surface area contributed by atoms with Crippen LogP contribution in [0.3, 0.4) is 0 Å². The van der Waals surface area contributed by atoms with Crippen molar-refractivity contribution >= 4 is 43.3 Å². The summed E-state index contributed by atoms with van der Waals surface area (Å²) in [6.07, 6.45) is 1.06. The number of hydrogen-bond donors (Lipinski definition) is 0. The second-order valence-electron chi connectivity index (χ2n) is 5.32. The van der Waals surface area contributed by atoms with Crippen LogP contribution in [0, 0.1) is 0 Å². The van der Waals surface area contributed by atoms with Gasteiger partial charge < -0.3 is 9.80 Å². The molecule has 2 heterocycles. The minimum absolute atomic E-state index is 0.188. The molecule has 1 aliphatic rings. The fraction of sp³-hybridized carbons (Fsp3) is 0.438. The van der Waals surface area contributed by atoms with Gasteiger partial charge in [0.15, 0.2) is 0 Å². The largest absolute Gasteiger partial charge is 0.337 e. The van der Waals surface area contributed by atoms with E-state index in [9.17, 15) is 4.79 Å². The molecular formula is C16H19BrN2OS. The normalized spacial score (nSPS) is 17.1. The SMILES string of the molecule is O=C(c1csc2ccccc12)N1CCCN(CCBr)CC1. The second kappa shape index (κ2) is 6.90. The molecule has 1 aliphatic heterocycles. The zero-order chi connectivity index (χ0) is 14.7. The highest BCUT2D eigenvalue weighted by Gasteiger charge is 2.22. The van der Waals surface area contributed by atoms with E-state index in [0.29, 0.717) is 0 Å². The molecule has 0 aliphatic carbocycles. The minimum atomic E-state index is 0.188. The Morgan fingerprint density at radius 3 is 2.90 bits per heavy atom. The Bertz CT molecular complexity index is 628. The number of thiophene rings is 1. The third kappa shape index (κ3) is 3.30. The van der Waals surface area contributed by atoms with Gasteiger partial charge in [0.2, 0.25) is 0 Å². The summed E-state index contributed by atoms with van der Waals surface area (Å²) in [5, 5.41) is 4.10. The predicted octanol–water partition coefficient (Wildman–Crippen LogP) is 3.44. The number of nitrogens with zero attached hydrogens (tertiary/aromatic N) is 2. The highest BCUT2D eigenvalue weighted by atomic mass is 79.9. The molecule has 0 spiro atoms. The van der Waals surface area contributed by atoms with Crippen LogP contribution in [0.25, 0.3) is 10.1 Å². The van der Waals surface area contributed by atoms with Crippen LogP contribution >= 0.6 is 27.3 Å². The van der Waals surface area contributed by atoms with Gasteiger partial charge in [-0.3, -0.25) is 4.79 Å². The Kier molecular flexibility index (Phi) is 4.93. The molecule has 1 aromatic heterocycles. The van der Waals surface area contributed by atoms with Crippen LogP contribution < -0.4 is 0 Å². The van der Waals surface area contributed by atoms with Gasteiger partial charge in [-0.25, -0.2) is 0 Å². The molecule has 5 heteroatoms. The first-order valence-corrected chi connectivity index (χ1v) is 9.33. The first kappa shape index (κ1) is 15.0. The van der Waals surface area contributed by atoms with E-state index in [4.69, 9.17) is 0 Å². The van der Waals surface area contributed by atoms with Gasteiger partial charge in [-0.1, -0.05) is 34.1 Å². The van der Waals surface area contributed by atoms with Crippen molar-refractivity contribution in [3.63, 3.8) is 0 Å². The van der Waals surface area contributed by atoms with Gasteiger partial charge in [-0.05, 0) is 19.0 Å². The smallest absolute Gasteiger partial charge is 0.255 e. The molecule has 0 saturated carbocycles. The first-order chi connectivity index (χ1) is 10.3. The maximum atomic E-state index is 12.8. The van der Waals surface area contributed by atoms with Crippen LogP contribution in [0.2, 0.25) is 0 Å². The van der Waals surface area contributed by atoms with Crippen molar-refractivity contribution < 1.29 is 4.79 Å². The molecule has 21 heavy (non-hydrogen) atoms. The molecule has 0 atom stereocenters. The van der Waals surface area contributed by atoms with Crippen molar-refractivity contribution in [2.75, 3.05) is 38.1 Å². The van der Waals surface area contributed by atoms with Gasteiger partial charge in [-0.2, -0.15) is 0 Å². The number of alkyl halides is 1. The van der Waals surface area contributed by atoms with Crippen LogP contribution in [0.4, 0.5) is 0 Å². The summed E-state index contributed by atoms with van der Waals surface area (Å²) in [5.74, 6) is 0.188. The van der Waals surface area contributed by atoms with Crippen LogP contribution in [-0.4, -0.2) is 53.8 Å². The standard InChI is InChI=1S/C16H19BrN2OS/c17-6-9-18-7-3-8-19(11-10-18)16(20)14-12-21-15-5-2-1-4-13(14)15/h1-2,4-5,12H,3,6-11H2. The summed E-state index contributed by atoms with van der Waals surface area (Å²) < 4.78 is 1.19. The van der Waals surface area contributed by atoms with Crippen molar-refractivity contribution in [3.05, 3.63) is 35.2 Å². The Morgan fingerprint density at radius 1 is 1.19 bits per heavy atom. The fourth-order valence-electron chi connectivity index (χ4n) is 2.83. The molecule has 0 unspecified atom stereocenters. The maximum absolute atomic E-state index is 12.8. The average molecular weight is 367 g/mol. The van der Waals surface area contributed by atoms with Crippen molar-refractivity contribution in [2.45, 2.75) is 6.42 Å². The van der Waals surface area contributed by atoms with Crippen LogP contribution in [0.5, 0.6) is 0 Å². The van der Waals surface area contributed by atoms with Crippen LogP contribution in [0.1, 0.15) is 16.8 Å². The monoisotopic (exact) mass is 366 g/mol. The molecule has 0 N–H and O–H groups in total. The highest BCUT2D eigenvalue weighted by Crippen LogP contribution is 2.27. The van der Waals surface area contributed by atoms with Gasteiger partial charge in [-0.15, -0.1) is 11.3 Å². The molecule has 1 fully saturated rings. The summed E-state index contributed by atoms with van der Waals surface area (Å²) in [4.78, 5) is 17.2. The lowest BCUT2D eigenvalue weighted by atomic mass is 10.1. The predicted molar refractivity (Wildman–Crippen MR) is 92.6 cm³/mol. The lowest BCUT2D eigenvalue weighted by Gasteiger charge is -2.21. The third-order valence-electron chi connectivity index (χ3n) is 3.99. The third-order valence-corrected chi connectivity index (χ3v) is 5.31. The van der Waals surface area contributed by atoms with Gasteiger partial charge in [0, 0.05) is 47.0 Å². The lowest BCUT2D eigenvalue weighted by molar-refractivity contribution is 0.0764. The number of fused-ring (bicyclic) bond motifs is 1. The summed E-state index contributed by atoms with van der Waals surface area (Å²) >= 11 is 5.15. The van der Waals surface area contributed by atoms with Gasteiger partial charge in [0.1, 0.15) is 0 Å². The van der Waals surface area contributed by atoms with E-state index in [1.54, 1.807) is 11.3 Å². The quantitative estimate of drug-likeness (QED) is 0.776. The molecule has 1 amide bonds. The van der Waals surface area contributed by atoms with E-state index in [-0.39, 0.29) is 5.91 Å². The van der Waals surface area contributed by atoms with Crippen molar-refractivity contribution in [2.24, 2.45) is 0 Å². The zero-order valence-electron chi connectivity index (χ0n) is 11.9. The van der Waals surface area contributed by atoms with E-state index in [1.807, 2.05) is 28.5 Å². The van der Waals surface area contributed by atoms with Crippen molar-refractivity contribution in [1.82, 2.24) is 9.80 Å². The Hall–Kier alpha value is -0.910. The number of hydrogen-bond acceptors (Lipinski definition) is 3. The zero-order valence-corrected chi connectivity index (χ0v) is 14.3. The van der Waals surface area contributed by atoms with Crippen molar-refractivity contribution in [3.8, 4) is 0 Å². The van der Waals surface area contributed by atoms with E-state index in [2.05, 4.69) is 26.9 Å². The second-order valence-corrected chi connectivity index (χ2v) is 7.03. The van der Waals surface area contributed by atoms with E-state index in [1.165, 1.54) is 4.70 Å². The van der Waals surface area contributed by atoms with Crippen LogP contribution in [0.15, 0.2) is 29.6 Å². The number of halogens is 1. The summed E-state index contributed by atoms with van der Waals surface area (Å²) in [5.41, 5.74) is 0.865. The maximum Gasteiger partial charge on any atom is 0.255 e. The summed E-state index contributed by atoms with van der Waals surface area (Å²) in [7, 11) is 0. The Morgan fingerprint density at radius 2 is 2.05 bits per heavy atom. The number of carbonyl (C=O) groups excluding carboxylic acids is 1.